The van der Waals surface area contributed by atoms with E-state index < -0.39 is 0 Å². The van der Waals surface area contributed by atoms with E-state index in [1.807, 2.05) is 60.7 Å². The van der Waals surface area contributed by atoms with Crippen LogP contribution in [0.1, 0.15) is 2.85 Å². The first kappa shape index (κ1) is 10.6. The van der Waals surface area contributed by atoms with Crippen molar-refractivity contribution in [2.45, 2.75) is 0 Å². The van der Waals surface area contributed by atoms with Gasteiger partial charge in [-0.1, -0.05) is 0 Å². The van der Waals surface area contributed by atoms with Crippen molar-refractivity contribution in [1.82, 2.24) is 0 Å². The SMILES string of the molecule is [H+].[H+].[Hf].c1cc[cH-]c1.c1cc[cH-]c1. The van der Waals surface area contributed by atoms with Crippen molar-refractivity contribution in [3.05, 3.63) is 60.7 Å². The van der Waals surface area contributed by atoms with Crippen LogP contribution in [0.4, 0.5) is 0 Å². The fourth-order valence-corrected chi connectivity index (χ4v) is 0.642. The summed E-state index contributed by atoms with van der Waals surface area (Å²) in [6, 6.07) is 20.0. The van der Waals surface area contributed by atoms with E-state index in [2.05, 4.69) is 0 Å². The summed E-state index contributed by atoms with van der Waals surface area (Å²) in [4.78, 5) is 0. The van der Waals surface area contributed by atoms with Gasteiger partial charge in [0.25, 0.3) is 0 Å². The Balaban J connectivity index is -0.000000125. The minimum atomic E-state index is 0. The molecule has 0 atom stereocenters. The van der Waals surface area contributed by atoms with Crippen LogP contribution in [0.15, 0.2) is 60.7 Å². The first-order valence-electron chi connectivity index (χ1n) is 3.33. The van der Waals surface area contributed by atoms with E-state index in [0.29, 0.717) is 0 Å². The van der Waals surface area contributed by atoms with E-state index in [0.717, 1.165) is 0 Å². The van der Waals surface area contributed by atoms with E-state index in [-0.39, 0.29) is 28.7 Å². The summed E-state index contributed by atoms with van der Waals surface area (Å²) in [6.07, 6.45) is 0. The summed E-state index contributed by atoms with van der Waals surface area (Å²) in [5.74, 6) is 0. The molecule has 0 bridgehead atoms. The van der Waals surface area contributed by atoms with Crippen LogP contribution in [0.2, 0.25) is 0 Å². The van der Waals surface area contributed by atoms with Crippen molar-refractivity contribution in [3.63, 3.8) is 0 Å². The third-order valence-corrected chi connectivity index (χ3v) is 1.11. The normalized spacial score (nSPS) is 7.27. The van der Waals surface area contributed by atoms with Crippen molar-refractivity contribution < 1.29 is 28.7 Å². The van der Waals surface area contributed by atoms with Gasteiger partial charge in [-0.3, -0.25) is 0 Å². The summed E-state index contributed by atoms with van der Waals surface area (Å²) in [6.45, 7) is 0. The van der Waals surface area contributed by atoms with Gasteiger partial charge < -0.3 is 0 Å². The molecule has 0 aliphatic rings. The van der Waals surface area contributed by atoms with E-state index in [1.54, 1.807) is 0 Å². The Morgan fingerprint density at radius 1 is 0.636 bits per heavy atom. The van der Waals surface area contributed by atoms with E-state index in [4.69, 9.17) is 0 Å². The van der Waals surface area contributed by atoms with Gasteiger partial charge in [-0.2, -0.15) is 36.4 Å². The molecule has 0 saturated heterocycles. The number of rotatable bonds is 0. The summed E-state index contributed by atoms with van der Waals surface area (Å²) in [5, 5.41) is 0. The van der Waals surface area contributed by atoms with Crippen molar-refractivity contribution in [2.75, 3.05) is 0 Å². The van der Waals surface area contributed by atoms with Crippen LogP contribution in [-0.4, -0.2) is 0 Å². The van der Waals surface area contributed by atoms with Crippen LogP contribution in [0.25, 0.3) is 0 Å². The smallest absolute Gasteiger partial charge is 0.214 e. The van der Waals surface area contributed by atoms with Crippen LogP contribution in [0, 0.1) is 0 Å². The summed E-state index contributed by atoms with van der Waals surface area (Å²) >= 11 is 0. The van der Waals surface area contributed by atoms with Crippen molar-refractivity contribution >= 4 is 0 Å². The topological polar surface area (TPSA) is 0 Å². The summed E-state index contributed by atoms with van der Waals surface area (Å²) in [7, 11) is 0. The second-order valence-corrected chi connectivity index (χ2v) is 1.92. The van der Waals surface area contributed by atoms with Crippen LogP contribution >= 0.6 is 0 Å². The Labute approximate surface area is 89.4 Å². The zero-order valence-electron chi connectivity index (χ0n) is 8.27. The third kappa shape index (κ3) is 5.99. The molecular weight excluding hydrogens is 299 g/mol. The molecule has 0 saturated carbocycles. The van der Waals surface area contributed by atoms with Gasteiger partial charge in [0.05, 0.1) is 0 Å². The van der Waals surface area contributed by atoms with Crippen molar-refractivity contribution in [2.24, 2.45) is 0 Å². The molecule has 11 heavy (non-hydrogen) atoms. The largest absolute Gasteiger partial charge is 1.00 e. The maximum Gasteiger partial charge on any atom is 1.00 e. The van der Waals surface area contributed by atoms with Gasteiger partial charge >= 0.3 is 2.85 Å². The van der Waals surface area contributed by atoms with Gasteiger partial charge in [0.2, 0.25) is 0 Å². The Bertz CT molecular complexity index is 152. The predicted molar refractivity (Wildman–Crippen MR) is 46.3 cm³/mol. The first-order valence-corrected chi connectivity index (χ1v) is 3.33. The zero-order valence-corrected chi connectivity index (χ0v) is 9.87. The molecule has 2 aromatic rings. The van der Waals surface area contributed by atoms with Gasteiger partial charge in [0, 0.05) is 25.8 Å². The number of hydrogen-bond donors (Lipinski definition) is 0. The molecule has 2 aromatic carbocycles. The van der Waals surface area contributed by atoms with Crippen molar-refractivity contribution in [3.8, 4) is 0 Å². The molecule has 0 heterocycles. The molecular formula is C10H12Hf. The Morgan fingerprint density at radius 3 is 1.00 bits per heavy atom. The Morgan fingerprint density at radius 2 is 0.909 bits per heavy atom. The minimum Gasteiger partial charge on any atom is -0.214 e. The van der Waals surface area contributed by atoms with Crippen LogP contribution < -0.4 is 0 Å². The minimum absolute atomic E-state index is 0. The fraction of sp³-hybridized carbons (Fsp3) is 0. The summed E-state index contributed by atoms with van der Waals surface area (Å²) < 4.78 is 0. The van der Waals surface area contributed by atoms with E-state index in [9.17, 15) is 0 Å². The van der Waals surface area contributed by atoms with Crippen LogP contribution in [0.5, 0.6) is 0 Å². The molecule has 0 N–H and O–H groups in total. The van der Waals surface area contributed by atoms with Crippen molar-refractivity contribution in [1.29, 1.82) is 0 Å². The molecule has 0 aliphatic carbocycles. The quantitative estimate of drug-likeness (QED) is 0.518. The predicted octanol–water partition coefficient (Wildman–Crippen LogP) is 3.03. The third-order valence-electron chi connectivity index (χ3n) is 1.11. The monoisotopic (exact) mass is 312 g/mol. The maximum atomic E-state index is 2.00. The first-order chi connectivity index (χ1) is 5.00. The summed E-state index contributed by atoms with van der Waals surface area (Å²) in [5.41, 5.74) is 0. The molecule has 0 fully saturated rings. The van der Waals surface area contributed by atoms with Crippen LogP contribution in [0.3, 0.4) is 0 Å². The second kappa shape index (κ2) is 7.67. The van der Waals surface area contributed by atoms with Gasteiger partial charge in [0.1, 0.15) is 0 Å². The molecule has 0 aliphatic heterocycles. The van der Waals surface area contributed by atoms with Gasteiger partial charge in [-0.15, -0.1) is 0 Å². The average molecular weight is 311 g/mol. The molecule has 0 radical (unpaired) electrons. The standard InChI is InChI=1S/2C5H5.Hf/c2*1-2-4-5-3-1;/h2*1-5H;/q2*-1;/p+2. The zero-order chi connectivity index (χ0) is 7.07. The Hall–Kier alpha value is -0.430. The fourth-order valence-electron chi connectivity index (χ4n) is 0.642. The molecule has 0 unspecified atom stereocenters. The molecule has 0 aromatic heterocycles. The molecule has 56 valence electrons. The molecule has 0 nitrogen and oxygen atoms in total. The molecule has 2 rings (SSSR count). The average Bonchev–Trinajstić information content (AvgIpc) is 2.67. The Kier molecular flexibility index (Phi) is 7.37. The molecule has 0 spiro atoms. The molecule has 1 heteroatoms. The van der Waals surface area contributed by atoms with Gasteiger partial charge in [-0.25, -0.2) is 24.3 Å². The van der Waals surface area contributed by atoms with E-state index >= 15 is 0 Å². The van der Waals surface area contributed by atoms with Crippen LogP contribution in [-0.2, 0) is 25.8 Å². The van der Waals surface area contributed by atoms with E-state index in [1.165, 1.54) is 0 Å². The molecule has 0 amide bonds. The van der Waals surface area contributed by atoms with Gasteiger partial charge in [0.15, 0.2) is 0 Å². The van der Waals surface area contributed by atoms with Gasteiger partial charge in [-0.05, 0) is 0 Å². The second-order valence-electron chi connectivity index (χ2n) is 1.92. The maximum absolute atomic E-state index is 2.00. The number of hydrogen-bond acceptors (Lipinski definition) is 0.